The molecule has 1 aliphatic heterocycles. The largest absolute Gasteiger partial charge is 0.475 e. The number of carbonyl (C=O) groups excluding carboxylic acids is 1. The summed E-state index contributed by atoms with van der Waals surface area (Å²) in [7, 11) is 1.34. The smallest absolute Gasteiger partial charge is 0.435 e. The zero-order valence-electron chi connectivity index (χ0n) is 22.1. The Morgan fingerprint density at radius 2 is 1.88 bits per heavy atom. The van der Waals surface area contributed by atoms with Crippen LogP contribution in [0.2, 0.25) is 0 Å². The number of hydrogen-bond acceptors (Lipinski definition) is 8. The molecule has 17 heteroatoms. The lowest BCUT2D eigenvalue weighted by Crippen LogP contribution is -2.29. The first-order valence-corrected chi connectivity index (χ1v) is 12.0. The van der Waals surface area contributed by atoms with Crippen molar-refractivity contribution < 1.29 is 45.3 Å². The van der Waals surface area contributed by atoms with Gasteiger partial charge in [0, 0.05) is 25.0 Å². The molecule has 0 bridgehead atoms. The maximum atomic E-state index is 13.4. The number of alkyl halides is 6. The van der Waals surface area contributed by atoms with Crippen LogP contribution in [0.1, 0.15) is 36.5 Å². The molecule has 1 aliphatic rings. The maximum Gasteiger partial charge on any atom is 0.435 e. The molecule has 222 valence electrons. The second-order valence-corrected chi connectivity index (χ2v) is 9.58. The molecule has 1 saturated heterocycles. The molecule has 4 rings (SSSR count). The molecule has 0 aliphatic carbocycles. The summed E-state index contributed by atoms with van der Waals surface area (Å²) in [5, 5.41) is 15.9. The molecule has 1 atom stereocenters. The number of hydrogen-bond donors (Lipinski definition) is 2. The molecule has 1 unspecified atom stereocenters. The minimum absolute atomic E-state index is 0.0410. The highest BCUT2D eigenvalue weighted by molar-refractivity contribution is 5.89. The Morgan fingerprint density at radius 1 is 1.15 bits per heavy atom. The van der Waals surface area contributed by atoms with Gasteiger partial charge in [-0.15, -0.1) is 5.10 Å². The quantitative estimate of drug-likeness (QED) is 0.387. The monoisotopic (exact) mass is 589 g/mol. The Labute approximate surface area is 229 Å². The van der Waals surface area contributed by atoms with Crippen LogP contribution >= 0.6 is 0 Å². The first-order chi connectivity index (χ1) is 19.0. The van der Waals surface area contributed by atoms with Crippen molar-refractivity contribution in [2.75, 3.05) is 18.5 Å². The van der Waals surface area contributed by atoms with Crippen molar-refractivity contribution in [3.8, 4) is 17.1 Å². The van der Waals surface area contributed by atoms with Crippen molar-refractivity contribution in [3.63, 3.8) is 0 Å². The van der Waals surface area contributed by atoms with Gasteiger partial charge in [-0.1, -0.05) is 0 Å². The number of pyridine rings is 1. The van der Waals surface area contributed by atoms with E-state index in [1.165, 1.54) is 26.2 Å². The number of ether oxygens (including phenoxy) is 3. The van der Waals surface area contributed by atoms with Crippen LogP contribution < -0.4 is 15.4 Å². The van der Waals surface area contributed by atoms with Gasteiger partial charge >= 0.3 is 18.4 Å². The minimum Gasteiger partial charge on any atom is -0.475 e. The van der Waals surface area contributed by atoms with Crippen LogP contribution in [0.3, 0.4) is 0 Å². The molecule has 41 heavy (non-hydrogen) atoms. The predicted molar refractivity (Wildman–Crippen MR) is 129 cm³/mol. The molecule has 3 aromatic heterocycles. The van der Waals surface area contributed by atoms with Crippen molar-refractivity contribution in [3.05, 3.63) is 47.0 Å². The van der Waals surface area contributed by atoms with E-state index in [0.29, 0.717) is 11.6 Å². The highest BCUT2D eigenvalue weighted by atomic mass is 19.4. The van der Waals surface area contributed by atoms with Gasteiger partial charge in [0.2, 0.25) is 5.88 Å². The van der Waals surface area contributed by atoms with E-state index in [9.17, 15) is 31.1 Å². The number of nitrogens with one attached hydrogen (secondary N) is 2. The molecular weight excluding hydrogens is 564 g/mol. The summed E-state index contributed by atoms with van der Waals surface area (Å²) in [6, 6.07) is 2.28. The first kappa shape index (κ1) is 30.0. The zero-order chi connectivity index (χ0) is 30.2. The van der Waals surface area contributed by atoms with Crippen molar-refractivity contribution in [1.29, 1.82) is 0 Å². The fraction of sp³-hybridized carbons (Fsp3) is 0.458. The fourth-order valence-corrected chi connectivity index (χ4v) is 3.93. The van der Waals surface area contributed by atoms with Gasteiger partial charge in [0.15, 0.2) is 17.2 Å². The summed E-state index contributed by atoms with van der Waals surface area (Å²) in [6.07, 6.45) is -8.89. The molecule has 3 aromatic rings. The highest BCUT2D eigenvalue weighted by Crippen LogP contribution is 2.36. The number of amides is 2. The summed E-state index contributed by atoms with van der Waals surface area (Å²) in [5.74, 6) is -1.25. The molecular formula is C24H25F6N7O4. The topological polar surface area (TPSA) is 125 Å². The first-order valence-electron chi connectivity index (χ1n) is 12.0. The van der Waals surface area contributed by atoms with Crippen molar-refractivity contribution in [2.24, 2.45) is 7.05 Å². The average Bonchev–Trinajstić information content (AvgIpc) is 3.42. The van der Waals surface area contributed by atoms with Gasteiger partial charge in [0.25, 0.3) is 0 Å². The van der Waals surface area contributed by atoms with Crippen LogP contribution in [0.25, 0.3) is 11.3 Å². The SMILES string of the molecule is Cc1cc(CNC(=O)Nc2cc(OCC3COC(C)(C)O3)nc(C(F)(F)F)c2)nnc1-c1cn(C)nc1C(F)(F)F. The van der Waals surface area contributed by atoms with Gasteiger partial charge < -0.3 is 24.8 Å². The van der Waals surface area contributed by atoms with Crippen molar-refractivity contribution in [2.45, 2.75) is 51.6 Å². The molecule has 0 spiro atoms. The van der Waals surface area contributed by atoms with E-state index in [4.69, 9.17) is 14.2 Å². The maximum absolute atomic E-state index is 13.4. The molecule has 1 fully saturated rings. The van der Waals surface area contributed by atoms with Crippen LogP contribution in [0.5, 0.6) is 5.88 Å². The molecule has 0 saturated carbocycles. The fourth-order valence-electron chi connectivity index (χ4n) is 3.93. The molecule has 0 radical (unpaired) electrons. The highest BCUT2D eigenvalue weighted by Gasteiger charge is 2.38. The normalized spacial score (nSPS) is 17.0. The van der Waals surface area contributed by atoms with Crippen LogP contribution in [-0.4, -0.2) is 56.1 Å². The Bertz CT molecular complexity index is 1420. The predicted octanol–water partition coefficient (Wildman–Crippen LogP) is 4.47. The third-order valence-corrected chi connectivity index (χ3v) is 5.65. The molecule has 0 aromatic carbocycles. The lowest BCUT2D eigenvalue weighted by molar-refractivity contribution is -0.142. The summed E-state index contributed by atoms with van der Waals surface area (Å²) in [5.41, 5.74) is -2.43. The Balaban J connectivity index is 1.42. The third kappa shape index (κ3) is 7.60. The van der Waals surface area contributed by atoms with Crippen molar-refractivity contribution in [1.82, 2.24) is 30.3 Å². The number of urea groups is 1. The van der Waals surface area contributed by atoms with E-state index in [1.54, 1.807) is 13.8 Å². The van der Waals surface area contributed by atoms with Gasteiger partial charge in [0.1, 0.15) is 12.7 Å². The average molecular weight is 589 g/mol. The Morgan fingerprint density at radius 3 is 2.49 bits per heavy atom. The van der Waals surface area contributed by atoms with Gasteiger partial charge in [0.05, 0.1) is 30.1 Å². The minimum atomic E-state index is -4.82. The standard InChI is InChI=1S/C24H25F6N7O4/c1-12-5-14(34-35-19(12)16-9-37(4)36-20(16)24(28,29)30)8-31-21(38)32-13-6-17(23(25,26)27)33-18(7-13)39-10-15-11-40-22(2,3)41-15/h5-7,9,15H,8,10-11H2,1-4H3,(H2,31,32,33,38). The second-order valence-electron chi connectivity index (χ2n) is 9.58. The number of rotatable bonds is 7. The van der Waals surface area contributed by atoms with Crippen LogP contribution in [0.15, 0.2) is 24.4 Å². The van der Waals surface area contributed by atoms with E-state index in [2.05, 4.69) is 30.9 Å². The van der Waals surface area contributed by atoms with Crippen LogP contribution in [0.4, 0.5) is 36.8 Å². The second kappa shape index (κ2) is 11.1. The van der Waals surface area contributed by atoms with E-state index in [0.717, 1.165) is 10.7 Å². The van der Waals surface area contributed by atoms with Gasteiger partial charge in [-0.2, -0.15) is 36.5 Å². The van der Waals surface area contributed by atoms with Crippen LogP contribution in [0, 0.1) is 6.92 Å². The number of aryl methyl sites for hydroxylation is 2. The number of anilines is 1. The summed E-state index contributed by atoms with van der Waals surface area (Å²) in [6.45, 7) is 4.69. The van der Waals surface area contributed by atoms with Crippen LogP contribution in [-0.2, 0) is 35.4 Å². The molecule has 2 amide bonds. The van der Waals surface area contributed by atoms with E-state index >= 15 is 0 Å². The number of nitrogens with zero attached hydrogens (tertiary/aromatic N) is 5. The Hall–Kier alpha value is -3.99. The van der Waals surface area contributed by atoms with E-state index in [1.807, 2.05) is 0 Å². The number of carbonyl (C=O) groups is 1. The third-order valence-electron chi connectivity index (χ3n) is 5.65. The molecule has 2 N–H and O–H groups in total. The van der Waals surface area contributed by atoms with Gasteiger partial charge in [-0.3, -0.25) is 4.68 Å². The van der Waals surface area contributed by atoms with E-state index in [-0.39, 0.29) is 42.4 Å². The summed E-state index contributed by atoms with van der Waals surface area (Å²) >= 11 is 0. The lowest BCUT2D eigenvalue weighted by atomic mass is 10.1. The lowest BCUT2D eigenvalue weighted by Gasteiger charge is -2.17. The van der Waals surface area contributed by atoms with Gasteiger partial charge in [-0.25, -0.2) is 9.78 Å². The zero-order valence-corrected chi connectivity index (χ0v) is 22.1. The summed E-state index contributed by atoms with van der Waals surface area (Å²) < 4.78 is 97.6. The van der Waals surface area contributed by atoms with E-state index < -0.39 is 47.5 Å². The number of aromatic nitrogens is 5. The molecule has 4 heterocycles. The Kier molecular flexibility index (Phi) is 8.13. The molecule has 11 nitrogen and oxygen atoms in total. The van der Waals surface area contributed by atoms with Crippen molar-refractivity contribution >= 4 is 11.7 Å². The summed E-state index contributed by atoms with van der Waals surface area (Å²) in [4.78, 5) is 15.9. The van der Waals surface area contributed by atoms with Gasteiger partial charge in [-0.05, 0) is 38.5 Å². The number of halogens is 6.